The van der Waals surface area contributed by atoms with Gasteiger partial charge < -0.3 is 144 Å². The molecule has 0 heterocycles. The average Bonchev–Trinajstić information content (AvgIpc) is 3.50. The first-order chi connectivity index (χ1) is 30.0. The second kappa shape index (κ2) is 1460. The first-order valence-electron chi connectivity index (χ1n) is 8.66. The van der Waals surface area contributed by atoms with E-state index in [0.717, 1.165) is 0 Å². The van der Waals surface area contributed by atoms with Gasteiger partial charge in [-0.1, -0.05) is 0 Å². The summed E-state index contributed by atoms with van der Waals surface area (Å²) in [6.07, 6.45) is 0. The van der Waals surface area contributed by atoms with Crippen molar-refractivity contribution in [1.82, 2.24) is 0 Å². The summed E-state index contributed by atoms with van der Waals surface area (Å²) in [4.78, 5) is 240. The Morgan fingerprint density at radius 2 is 0.0656 bits per heavy atom. The molecule has 0 saturated carbocycles. The molecule has 1 radical (unpaired) electrons. The molecule has 369 valence electrons. The molecule has 0 unspecified atom stereocenters. The molecule has 0 aromatic heterocycles. The van der Waals surface area contributed by atoms with Crippen molar-refractivity contribution in [2.24, 2.45) is 0 Å². The van der Waals surface area contributed by atoms with Crippen LogP contribution in [0.2, 0.25) is 0 Å². The van der Waals surface area contributed by atoms with Crippen molar-refractivity contribution in [1.29, 1.82) is 0 Å². The molecule has 0 bridgehead atoms. The van der Waals surface area contributed by atoms with Crippen molar-refractivity contribution >= 4 is 204 Å². The minimum absolute atomic E-state index is 0. The summed E-state index contributed by atoms with van der Waals surface area (Å²) < 4.78 is 0. The van der Waals surface area contributed by atoms with Gasteiger partial charge in [-0.25, -0.2) is 0 Å². The topological polar surface area (TPSA) is 512 Å². The van der Waals surface area contributed by atoms with E-state index < -0.39 is 0 Å². The Labute approximate surface area is 366 Å². The van der Waals surface area contributed by atoms with Crippen LogP contribution in [-0.4, -0.2) is 204 Å². The predicted molar refractivity (Wildman–Crippen MR) is 214 cm³/mol. The van der Waals surface area contributed by atoms with E-state index in [-0.39, 0.29) is 19.5 Å². The maximum atomic E-state index is 8.00. The summed E-state index contributed by atoms with van der Waals surface area (Å²) in [5.74, 6) is 0. The van der Waals surface area contributed by atoms with E-state index in [9.17, 15) is 0 Å². The van der Waals surface area contributed by atoms with Gasteiger partial charge in [0.2, 0.25) is 0 Å². The molecular weight excluding hydrogens is 943 g/mol. The molecule has 0 atom stereocenters. The summed E-state index contributed by atoms with van der Waals surface area (Å²) >= 11 is 0. The van der Waals surface area contributed by atoms with Crippen molar-refractivity contribution in [3.63, 3.8) is 0 Å². The summed E-state index contributed by atoms with van der Waals surface area (Å²) in [5.41, 5.74) is 0. The average molecular weight is 1000 g/mol. The Morgan fingerprint density at radius 1 is 0.0656 bits per heavy atom. The maximum absolute atomic E-state index is 8.00. The van der Waals surface area contributed by atoms with Gasteiger partial charge in [-0.15, -0.1) is 0 Å². The quantitative estimate of drug-likeness (QED) is 0.204. The largest absolute Gasteiger partial charge is 0.307 e. The summed E-state index contributed by atoms with van der Waals surface area (Å²) in [7, 11) is 0. The van der Waals surface area contributed by atoms with Gasteiger partial charge in [-0.3, -0.25) is 0 Å². The fourth-order valence-corrected chi connectivity index (χ4v) is 0. The molecule has 0 aliphatic heterocycles. The molecule has 61 heavy (non-hydrogen) atoms. The van der Waals surface area contributed by atoms with Crippen molar-refractivity contribution in [2.45, 2.75) is 0 Å². The third-order valence-electron chi connectivity index (χ3n) is 0. The molecule has 0 saturated heterocycles. The number of carbonyl (C=O) groups excluding carboxylic acids is 30. The summed E-state index contributed by atoms with van der Waals surface area (Å²) in [6.45, 7) is 60.0. The molecule has 0 rings (SSSR count). The smallest absolute Gasteiger partial charge is 0.106 e. The molecule has 30 nitrogen and oxygen atoms in total. The summed E-state index contributed by atoms with van der Waals surface area (Å²) in [6, 6.07) is 0. The Morgan fingerprint density at radius 3 is 0.0656 bits per heavy atom. The van der Waals surface area contributed by atoms with Crippen LogP contribution in [0.1, 0.15) is 0 Å². The van der Waals surface area contributed by atoms with Crippen LogP contribution >= 0.6 is 0 Å². The molecular formula is C30H60O30Rh. The third-order valence-corrected chi connectivity index (χ3v) is 0. The third kappa shape index (κ3) is 1400. The molecule has 0 spiro atoms. The summed E-state index contributed by atoms with van der Waals surface area (Å²) in [5, 5.41) is 0. The zero-order chi connectivity index (χ0) is 60.0. The van der Waals surface area contributed by atoms with Crippen molar-refractivity contribution in [3.05, 3.63) is 0 Å². The van der Waals surface area contributed by atoms with Crippen molar-refractivity contribution in [3.8, 4) is 0 Å². The van der Waals surface area contributed by atoms with Crippen LogP contribution in [0, 0.1) is 0 Å². The maximum Gasteiger partial charge on any atom is 0.106 e. The van der Waals surface area contributed by atoms with E-state index in [0.29, 0.717) is 0 Å². The normalized spacial score (nSPS) is 1.97. The van der Waals surface area contributed by atoms with Gasteiger partial charge in [0.1, 0.15) is 204 Å². The van der Waals surface area contributed by atoms with Crippen LogP contribution in [0.4, 0.5) is 0 Å². The Hall–Kier alpha value is -9.28. The molecule has 0 N–H and O–H groups in total. The van der Waals surface area contributed by atoms with Gasteiger partial charge in [0, 0.05) is 19.5 Å². The monoisotopic (exact) mass is 1000 g/mol. The number of hydrogen-bond acceptors (Lipinski definition) is 30. The van der Waals surface area contributed by atoms with Gasteiger partial charge in [0.25, 0.3) is 0 Å². The number of rotatable bonds is 0. The van der Waals surface area contributed by atoms with E-state index in [4.69, 9.17) is 144 Å². The Balaban J connectivity index is -0.00000000526. The van der Waals surface area contributed by atoms with Crippen molar-refractivity contribution in [2.75, 3.05) is 0 Å². The van der Waals surface area contributed by atoms with Gasteiger partial charge in [0.15, 0.2) is 0 Å². The fraction of sp³-hybridized carbons (Fsp3) is 0. The van der Waals surface area contributed by atoms with Crippen LogP contribution in [0.3, 0.4) is 0 Å². The van der Waals surface area contributed by atoms with Crippen LogP contribution in [0.5, 0.6) is 0 Å². The standard InChI is InChI=1S/30CH2O.Rh/c30*1-2;/h30*1H2;. The van der Waals surface area contributed by atoms with Crippen molar-refractivity contribution < 1.29 is 163 Å². The number of carbonyl (C=O) groups is 30. The predicted octanol–water partition coefficient (Wildman–Crippen LogP) is -5.55. The first-order valence-corrected chi connectivity index (χ1v) is 8.66. The zero-order valence-electron chi connectivity index (χ0n) is 33.8. The van der Waals surface area contributed by atoms with Gasteiger partial charge in [0.05, 0.1) is 0 Å². The van der Waals surface area contributed by atoms with E-state index in [1.165, 1.54) is 0 Å². The molecule has 31 heteroatoms. The second-order valence-electron chi connectivity index (χ2n) is 0. The van der Waals surface area contributed by atoms with Gasteiger partial charge in [-0.05, 0) is 0 Å². The second-order valence-corrected chi connectivity index (χ2v) is 0. The van der Waals surface area contributed by atoms with Crippen LogP contribution < -0.4 is 0 Å². The molecule has 0 aliphatic carbocycles. The molecule has 0 aromatic rings. The van der Waals surface area contributed by atoms with Crippen LogP contribution in [0.15, 0.2) is 0 Å². The molecule has 0 aliphatic rings. The Kier molecular flexibility index (Phi) is 7400. The molecule has 0 fully saturated rings. The Bertz CT molecular complexity index is 215. The minimum atomic E-state index is 0. The van der Waals surface area contributed by atoms with E-state index in [2.05, 4.69) is 0 Å². The van der Waals surface area contributed by atoms with Gasteiger partial charge >= 0.3 is 0 Å². The zero-order valence-corrected chi connectivity index (χ0v) is 35.4. The van der Waals surface area contributed by atoms with Gasteiger partial charge in [-0.2, -0.15) is 0 Å². The minimum Gasteiger partial charge on any atom is -0.307 e. The molecule has 0 aromatic carbocycles. The van der Waals surface area contributed by atoms with Crippen LogP contribution in [-0.2, 0) is 163 Å². The first kappa shape index (κ1) is 310. The van der Waals surface area contributed by atoms with E-state index in [1.54, 1.807) is 0 Å². The van der Waals surface area contributed by atoms with E-state index in [1.807, 2.05) is 204 Å². The number of hydrogen-bond donors (Lipinski definition) is 0. The van der Waals surface area contributed by atoms with Crippen LogP contribution in [0.25, 0.3) is 0 Å². The van der Waals surface area contributed by atoms with E-state index >= 15 is 0 Å². The fourth-order valence-electron chi connectivity index (χ4n) is 0. The molecule has 0 amide bonds. The SMILES string of the molecule is C=O.C=O.C=O.C=O.C=O.C=O.C=O.C=O.C=O.C=O.C=O.C=O.C=O.C=O.C=O.C=O.C=O.C=O.C=O.C=O.C=O.C=O.C=O.C=O.C=O.C=O.C=O.C=O.C=O.C=O.[Rh].